The van der Waals surface area contributed by atoms with Crippen molar-refractivity contribution in [2.45, 2.75) is 13.3 Å². The number of carboxylic acids is 1. The molecule has 0 aliphatic rings. The molecule has 1 N–H and O–H groups in total. The summed E-state index contributed by atoms with van der Waals surface area (Å²) in [5.41, 5.74) is 0.680. The minimum absolute atomic E-state index is 0.173. The minimum atomic E-state index is -0.948. The van der Waals surface area contributed by atoms with Crippen molar-refractivity contribution in [2.75, 3.05) is 0 Å². The number of aryl methyl sites for hydroxylation is 1. The maximum absolute atomic E-state index is 10.1. The highest BCUT2D eigenvalue weighted by atomic mass is 16.4. The highest BCUT2D eigenvalue weighted by molar-refractivity contribution is 5.68. The van der Waals surface area contributed by atoms with Gasteiger partial charge in [0, 0.05) is 0 Å². The summed E-state index contributed by atoms with van der Waals surface area (Å²) in [4.78, 5) is 13.9. The van der Waals surface area contributed by atoms with Crippen molar-refractivity contribution >= 4 is 5.97 Å². The van der Waals surface area contributed by atoms with Gasteiger partial charge in [0.25, 0.3) is 0 Å². The van der Waals surface area contributed by atoms with Gasteiger partial charge in [-0.2, -0.15) is 5.10 Å². The smallest absolute Gasteiger partial charge is 0.311 e. The molecule has 0 aliphatic heterocycles. The topological polar surface area (TPSA) is 76.0 Å². The molecule has 0 bridgehead atoms. The standard InChI is InChI=1S/C6H7N3O2/c1-4-3-7-5(9-8-4)2-6(10)11/h3H,2H2,1H3,(H,10,11). The van der Waals surface area contributed by atoms with Crippen molar-refractivity contribution in [2.24, 2.45) is 0 Å². The summed E-state index contributed by atoms with van der Waals surface area (Å²) in [6.45, 7) is 1.74. The lowest BCUT2D eigenvalue weighted by molar-refractivity contribution is -0.136. The number of hydrogen-bond donors (Lipinski definition) is 1. The normalized spacial score (nSPS) is 9.55. The van der Waals surface area contributed by atoms with Gasteiger partial charge < -0.3 is 5.11 Å². The first kappa shape index (κ1) is 7.59. The molecule has 0 fully saturated rings. The number of aromatic nitrogens is 3. The second-order valence-electron chi connectivity index (χ2n) is 2.09. The van der Waals surface area contributed by atoms with Crippen molar-refractivity contribution in [3.63, 3.8) is 0 Å². The maximum atomic E-state index is 10.1. The molecule has 0 aliphatic carbocycles. The highest BCUT2D eigenvalue weighted by Gasteiger charge is 2.02. The van der Waals surface area contributed by atoms with Gasteiger partial charge in [0.2, 0.25) is 0 Å². The Balaban J connectivity index is 2.74. The van der Waals surface area contributed by atoms with Crippen LogP contribution < -0.4 is 0 Å². The Kier molecular flexibility index (Phi) is 2.10. The Morgan fingerprint density at radius 1 is 1.64 bits per heavy atom. The van der Waals surface area contributed by atoms with Gasteiger partial charge in [-0.15, -0.1) is 5.10 Å². The molecule has 1 aromatic rings. The molecule has 5 heteroatoms. The van der Waals surface area contributed by atoms with Gasteiger partial charge in [-0.1, -0.05) is 0 Å². The zero-order valence-corrected chi connectivity index (χ0v) is 5.98. The summed E-state index contributed by atoms with van der Waals surface area (Å²) >= 11 is 0. The predicted octanol–water partition coefficient (Wildman–Crippen LogP) is -0.193. The van der Waals surface area contributed by atoms with Gasteiger partial charge in [-0.25, -0.2) is 4.98 Å². The van der Waals surface area contributed by atoms with E-state index in [1.54, 1.807) is 6.92 Å². The number of nitrogens with zero attached hydrogens (tertiary/aromatic N) is 3. The van der Waals surface area contributed by atoms with E-state index in [4.69, 9.17) is 5.11 Å². The van der Waals surface area contributed by atoms with Gasteiger partial charge in [0.05, 0.1) is 11.9 Å². The molecule has 58 valence electrons. The Morgan fingerprint density at radius 3 is 2.82 bits per heavy atom. The van der Waals surface area contributed by atoms with E-state index < -0.39 is 5.97 Å². The van der Waals surface area contributed by atoms with E-state index >= 15 is 0 Å². The zero-order valence-electron chi connectivity index (χ0n) is 5.98. The lowest BCUT2D eigenvalue weighted by Crippen LogP contribution is -2.06. The van der Waals surface area contributed by atoms with Crippen molar-refractivity contribution in [1.82, 2.24) is 15.2 Å². The quantitative estimate of drug-likeness (QED) is 0.637. The van der Waals surface area contributed by atoms with Crippen LogP contribution in [0, 0.1) is 6.92 Å². The maximum Gasteiger partial charge on any atom is 0.311 e. The Morgan fingerprint density at radius 2 is 2.36 bits per heavy atom. The molecule has 1 rings (SSSR count). The molecular weight excluding hydrogens is 146 g/mol. The largest absolute Gasteiger partial charge is 0.481 e. The summed E-state index contributed by atoms with van der Waals surface area (Å²) < 4.78 is 0. The first-order valence-electron chi connectivity index (χ1n) is 3.05. The fourth-order valence-electron chi connectivity index (χ4n) is 0.572. The van der Waals surface area contributed by atoms with Crippen LogP contribution in [-0.2, 0) is 11.2 Å². The van der Waals surface area contributed by atoms with Gasteiger partial charge in [0.1, 0.15) is 6.42 Å². The third-order valence-electron chi connectivity index (χ3n) is 1.03. The van der Waals surface area contributed by atoms with E-state index in [0.29, 0.717) is 5.69 Å². The van der Waals surface area contributed by atoms with E-state index in [2.05, 4.69) is 15.2 Å². The fraction of sp³-hybridized carbons (Fsp3) is 0.333. The first-order chi connectivity index (χ1) is 5.18. The molecule has 0 atom stereocenters. The van der Waals surface area contributed by atoms with Crippen LogP contribution in [0.3, 0.4) is 0 Å². The lowest BCUT2D eigenvalue weighted by Gasteiger charge is -1.92. The average molecular weight is 153 g/mol. The van der Waals surface area contributed by atoms with Crippen LogP contribution in [0.15, 0.2) is 6.20 Å². The van der Waals surface area contributed by atoms with Gasteiger partial charge in [-0.3, -0.25) is 4.79 Å². The molecule has 0 radical (unpaired) electrons. The van der Waals surface area contributed by atoms with Crippen LogP contribution in [0.4, 0.5) is 0 Å². The van der Waals surface area contributed by atoms with Gasteiger partial charge >= 0.3 is 5.97 Å². The molecule has 0 saturated carbocycles. The lowest BCUT2D eigenvalue weighted by atomic mass is 10.4. The van der Waals surface area contributed by atoms with E-state index in [1.807, 2.05) is 0 Å². The van der Waals surface area contributed by atoms with Gasteiger partial charge in [0.15, 0.2) is 5.82 Å². The van der Waals surface area contributed by atoms with Crippen molar-refractivity contribution < 1.29 is 9.90 Å². The molecule has 11 heavy (non-hydrogen) atoms. The van der Waals surface area contributed by atoms with Crippen LogP contribution in [0.5, 0.6) is 0 Å². The number of aliphatic carboxylic acids is 1. The van der Waals surface area contributed by atoms with Crippen molar-refractivity contribution in [3.05, 3.63) is 17.7 Å². The monoisotopic (exact) mass is 153 g/mol. The second kappa shape index (κ2) is 3.05. The number of rotatable bonds is 2. The average Bonchev–Trinajstić information content (AvgIpc) is 1.93. The fourth-order valence-corrected chi connectivity index (χ4v) is 0.572. The van der Waals surface area contributed by atoms with Crippen LogP contribution >= 0.6 is 0 Å². The van der Waals surface area contributed by atoms with E-state index in [-0.39, 0.29) is 12.2 Å². The van der Waals surface area contributed by atoms with Crippen molar-refractivity contribution in [1.29, 1.82) is 0 Å². The van der Waals surface area contributed by atoms with Crippen LogP contribution in [0.1, 0.15) is 11.5 Å². The third-order valence-corrected chi connectivity index (χ3v) is 1.03. The molecule has 0 amide bonds. The molecule has 1 aromatic heterocycles. The Hall–Kier alpha value is -1.52. The highest BCUT2D eigenvalue weighted by Crippen LogP contribution is 1.89. The van der Waals surface area contributed by atoms with E-state index in [9.17, 15) is 4.79 Å². The second-order valence-corrected chi connectivity index (χ2v) is 2.09. The molecular formula is C6H7N3O2. The summed E-state index contributed by atoms with van der Waals surface area (Å²) in [5, 5.41) is 15.6. The third kappa shape index (κ3) is 2.29. The van der Waals surface area contributed by atoms with Crippen molar-refractivity contribution in [3.8, 4) is 0 Å². The van der Waals surface area contributed by atoms with E-state index in [1.165, 1.54) is 6.20 Å². The number of carboxylic acid groups (broad SMARTS) is 1. The molecule has 0 spiro atoms. The van der Waals surface area contributed by atoms with E-state index in [0.717, 1.165) is 0 Å². The Bertz CT molecular complexity index is 257. The molecule has 0 saturated heterocycles. The molecule has 0 aromatic carbocycles. The van der Waals surface area contributed by atoms with Crippen LogP contribution in [-0.4, -0.2) is 26.3 Å². The molecule has 5 nitrogen and oxygen atoms in total. The summed E-state index contributed by atoms with van der Waals surface area (Å²) in [6.07, 6.45) is 1.32. The first-order valence-corrected chi connectivity index (χ1v) is 3.05. The van der Waals surface area contributed by atoms with Crippen LogP contribution in [0.2, 0.25) is 0 Å². The number of carbonyl (C=O) groups is 1. The van der Waals surface area contributed by atoms with Crippen LogP contribution in [0.25, 0.3) is 0 Å². The van der Waals surface area contributed by atoms with Gasteiger partial charge in [-0.05, 0) is 6.92 Å². The SMILES string of the molecule is Cc1cnc(CC(=O)O)nn1. The predicted molar refractivity (Wildman–Crippen MR) is 35.9 cm³/mol. The Labute approximate surface area is 63.1 Å². The summed E-state index contributed by atoms with van der Waals surface area (Å²) in [7, 11) is 0. The molecule has 0 unspecified atom stereocenters. The molecule has 1 heterocycles. The number of hydrogen-bond acceptors (Lipinski definition) is 4. The zero-order chi connectivity index (χ0) is 8.27. The minimum Gasteiger partial charge on any atom is -0.481 e. The summed E-state index contributed by atoms with van der Waals surface area (Å²) in [5.74, 6) is -0.709. The summed E-state index contributed by atoms with van der Waals surface area (Å²) in [6, 6.07) is 0.